The molecule has 0 aromatic carbocycles. The van der Waals surface area contributed by atoms with Gasteiger partial charge in [-0.2, -0.15) is 0 Å². The van der Waals surface area contributed by atoms with E-state index in [0.29, 0.717) is 36.5 Å². The van der Waals surface area contributed by atoms with E-state index in [9.17, 15) is 9.59 Å². The lowest BCUT2D eigenvalue weighted by atomic mass is 9.76. The summed E-state index contributed by atoms with van der Waals surface area (Å²) in [5.74, 6) is 2.40. The van der Waals surface area contributed by atoms with E-state index in [0.717, 1.165) is 6.42 Å². The molecule has 0 spiro atoms. The Bertz CT molecular complexity index is 342. The highest BCUT2D eigenvalue weighted by atomic mass is 16.1. The summed E-state index contributed by atoms with van der Waals surface area (Å²) in [6.07, 6.45) is 10.0. The zero-order valence-electron chi connectivity index (χ0n) is 8.56. The molecule has 15 heavy (non-hydrogen) atoms. The number of hydrogen-bond acceptors (Lipinski definition) is 2. The first-order valence-corrected chi connectivity index (χ1v) is 5.66. The van der Waals surface area contributed by atoms with Gasteiger partial charge in [0.2, 0.25) is 0 Å². The van der Waals surface area contributed by atoms with Crippen molar-refractivity contribution in [2.24, 2.45) is 23.7 Å². The third kappa shape index (κ3) is 1.39. The van der Waals surface area contributed by atoms with Gasteiger partial charge in [0.25, 0.3) is 0 Å². The highest BCUT2D eigenvalue weighted by Crippen LogP contribution is 2.49. The predicted octanol–water partition coefficient (Wildman–Crippen LogP) is 1.91. The molecular formula is C13H14O2. The summed E-state index contributed by atoms with van der Waals surface area (Å²) in [6.45, 7) is 0. The van der Waals surface area contributed by atoms with Gasteiger partial charge < -0.3 is 0 Å². The maximum atomic E-state index is 11.4. The van der Waals surface area contributed by atoms with E-state index < -0.39 is 0 Å². The number of rotatable bonds is 0. The first kappa shape index (κ1) is 9.08. The summed E-state index contributed by atoms with van der Waals surface area (Å²) in [6, 6.07) is 0. The fourth-order valence-corrected chi connectivity index (χ4v) is 3.41. The van der Waals surface area contributed by atoms with E-state index in [4.69, 9.17) is 0 Å². The summed E-state index contributed by atoms with van der Waals surface area (Å²) < 4.78 is 0. The highest BCUT2D eigenvalue weighted by molar-refractivity contribution is 5.92. The fraction of sp³-hybridized carbons (Fsp3) is 0.538. The van der Waals surface area contributed by atoms with Crippen molar-refractivity contribution in [3.63, 3.8) is 0 Å². The Hall–Kier alpha value is -1.18. The molecule has 2 heteroatoms. The van der Waals surface area contributed by atoms with Gasteiger partial charge in [0.15, 0.2) is 11.6 Å². The van der Waals surface area contributed by atoms with Crippen LogP contribution in [-0.4, -0.2) is 11.6 Å². The average Bonchev–Trinajstić information content (AvgIpc) is 2.56. The minimum absolute atomic E-state index is 0.235. The summed E-state index contributed by atoms with van der Waals surface area (Å²) in [4.78, 5) is 22.7. The number of allylic oxidation sites excluding steroid dienone is 4. The largest absolute Gasteiger partial charge is 0.295 e. The fourth-order valence-electron chi connectivity index (χ4n) is 3.41. The van der Waals surface area contributed by atoms with Crippen molar-refractivity contribution in [3.05, 3.63) is 24.3 Å². The Morgan fingerprint density at radius 3 is 1.80 bits per heavy atom. The van der Waals surface area contributed by atoms with Crippen LogP contribution in [0.3, 0.4) is 0 Å². The Morgan fingerprint density at radius 2 is 1.33 bits per heavy atom. The molecule has 0 bridgehead atoms. The van der Waals surface area contributed by atoms with Gasteiger partial charge >= 0.3 is 0 Å². The van der Waals surface area contributed by atoms with Crippen LogP contribution in [0.4, 0.5) is 0 Å². The molecule has 0 N–H and O–H groups in total. The summed E-state index contributed by atoms with van der Waals surface area (Å²) in [7, 11) is 0. The van der Waals surface area contributed by atoms with Gasteiger partial charge in [-0.05, 0) is 42.2 Å². The van der Waals surface area contributed by atoms with Gasteiger partial charge in [0.05, 0.1) is 0 Å². The molecule has 4 unspecified atom stereocenters. The first-order chi connectivity index (χ1) is 7.24. The van der Waals surface area contributed by atoms with Crippen molar-refractivity contribution in [3.8, 4) is 0 Å². The van der Waals surface area contributed by atoms with Crippen molar-refractivity contribution in [1.29, 1.82) is 0 Å². The monoisotopic (exact) mass is 202 g/mol. The zero-order valence-corrected chi connectivity index (χ0v) is 8.56. The Balaban J connectivity index is 1.90. The van der Waals surface area contributed by atoms with Crippen LogP contribution in [-0.2, 0) is 9.59 Å². The van der Waals surface area contributed by atoms with Crippen LogP contribution in [0.1, 0.15) is 19.3 Å². The van der Waals surface area contributed by atoms with E-state index in [1.807, 2.05) is 0 Å². The number of carbonyl (C=O) groups is 2. The van der Waals surface area contributed by atoms with Gasteiger partial charge in [-0.15, -0.1) is 0 Å². The molecule has 0 saturated heterocycles. The molecule has 3 rings (SSSR count). The van der Waals surface area contributed by atoms with Crippen LogP contribution in [0, 0.1) is 23.7 Å². The molecule has 0 radical (unpaired) electrons. The summed E-state index contributed by atoms with van der Waals surface area (Å²) >= 11 is 0. The van der Waals surface area contributed by atoms with Crippen LogP contribution in [0.2, 0.25) is 0 Å². The molecule has 3 aliphatic rings. The first-order valence-electron chi connectivity index (χ1n) is 5.66. The minimum Gasteiger partial charge on any atom is -0.295 e. The molecule has 0 aromatic heterocycles. The molecule has 0 amide bonds. The highest BCUT2D eigenvalue weighted by Gasteiger charge is 2.44. The van der Waals surface area contributed by atoms with Gasteiger partial charge in [0.1, 0.15) is 0 Å². The van der Waals surface area contributed by atoms with Crippen molar-refractivity contribution in [2.75, 3.05) is 0 Å². The van der Waals surface area contributed by atoms with E-state index in [-0.39, 0.29) is 11.6 Å². The Labute approximate surface area is 89.0 Å². The Morgan fingerprint density at radius 1 is 0.867 bits per heavy atom. The zero-order chi connectivity index (χ0) is 10.4. The number of hydrogen-bond donors (Lipinski definition) is 0. The van der Waals surface area contributed by atoms with E-state index in [1.165, 1.54) is 0 Å². The topological polar surface area (TPSA) is 34.1 Å². The van der Waals surface area contributed by atoms with Crippen LogP contribution in [0.5, 0.6) is 0 Å². The molecule has 0 aliphatic heterocycles. The van der Waals surface area contributed by atoms with Crippen molar-refractivity contribution >= 4 is 11.6 Å². The average molecular weight is 202 g/mol. The van der Waals surface area contributed by atoms with Gasteiger partial charge in [-0.25, -0.2) is 0 Å². The lowest BCUT2D eigenvalue weighted by Crippen LogP contribution is -2.25. The number of carbonyl (C=O) groups excluding carboxylic acids is 2. The maximum absolute atomic E-state index is 11.4. The number of fused-ring (bicyclic) bond motifs is 3. The van der Waals surface area contributed by atoms with Crippen molar-refractivity contribution in [2.45, 2.75) is 19.3 Å². The van der Waals surface area contributed by atoms with Gasteiger partial charge in [-0.1, -0.05) is 12.2 Å². The smallest absolute Gasteiger partial charge is 0.155 e. The molecule has 1 fully saturated rings. The van der Waals surface area contributed by atoms with Crippen LogP contribution in [0.15, 0.2) is 24.3 Å². The predicted molar refractivity (Wildman–Crippen MR) is 56.1 cm³/mol. The van der Waals surface area contributed by atoms with Crippen LogP contribution < -0.4 is 0 Å². The van der Waals surface area contributed by atoms with Gasteiger partial charge in [0, 0.05) is 12.8 Å². The van der Waals surface area contributed by atoms with E-state index >= 15 is 0 Å². The third-order valence-electron chi connectivity index (χ3n) is 4.13. The molecule has 0 aromatic rings. The maximum Gasteiger partial charge on any atom is 0.155 e. The molecule has 1 saturated carbocycles. The summed E-state index contributed by atoms with van der Waals surface area (Å²) in [5, 5.41) is 0. The molecule has 78 valence electrons. The SMILES string of the molecule is O=C1C=CC2CC3C=CC(=O)CC3C2C1. The minimum atomic E-state index is 0.235. The molecule has 3 aliphatic carbocycles. The van der Waals surface area contributed by atoms with Crippen molar-refractivity contribution in [1.82, 2.24) is 0 Å². The lowest BCUT2D eigenvalue weighted by Gasteiger charge is -2.27. The standard InChI is InChI=1S/C13H14O2/c14-10-3-1-8-5-9-2-4-11(15)7-13(9)12(8)6-10/h1-4,8-9,12-13H,5-7H2. The molecule has 2 nitrogen and oxygen atoms in total. The number of ketones is 2. The quantitative estimate of drug-likeness (QED) is 0.601. The lowest BCUT2D eigenvalue weighted by molar-refractivity contribution is -0.119. The van der Waals surface area contributed by atoms with Gasteiger partial charge in [-0.3, -0.25) is 9.59 Å². The van der Waals surface area contributed by atoms with E-state index in [1.54, 1.807) is 12.2 Å². The third-order valence-corrected chi connectivity index (χ3v) is 4.13. The molecule has 4 atom stereocenters. The second kappa shape index (κ2) is 3.16. The van der Waals surface area contributed by atoms with E-state index in [2.05, 4.69) is 12.2 Å². The van der Waals surface area contributed by atoms with Crippen molar-refractivity contribution < 1.29 is 9.59 Å². The van der Waals surface area contributed by atoms with Crippen LogP contribution >= 0.6 is 0 Å². The summed E-state index contributed by atoms with van der Waals surface area (Å²) in [5.41, 5.74) is 0. The Kier molecular flexibility index (Phi) is 1.91. The second-order valence-electron chi connectivity index (χ2n) is 4.95. The van der Waals surface area contributed by atoms with Crippen LogP contribution in [0.25, 0.3) is 0 Å². The second-order valence-corrected chi connectivity index (χ2v) is 4.95. The molecule has 0 heterocycles. The molecular weight excluding hydrogens is 188 g/mol. The normalized spacial score (nSPS) is 42.9.